The lowest BCUT2D eigenvalue weighted by Gasteiger charge is -2.09. The van der Waals surface area contributed by atoms with Crippen LogP contribution >= 0.6 is 0 Å². The Morgan fingerprint density at radius 1 is 1.43 bits per heavy atom. The van der Waals surface area contributed by atoms with Crippen molar-refractivity contribution in [2.75, 3.05) is 13.7 Å². The molecule has 4 heteroatoms. The van der Waals surface area contributed by atoms with Gasteiger partial charge in [0, 0.05) is 7.05 Å². The lowest BCUT2D eigenvalue weighted by molar-refractivity contribution is -0.135. The fraction of sp³-hybridized carbons (Fsp3) is 0.300. The summed E-state index contributed by atoms with van der Waals surface area (Å²) in [6.45, 7) is 0.447. The molecular weight excluding hydrogens is 180 g/mol. The number of ether oxygens (including phenoxy) is 1. The summed E-state index contributed by atoms with van der Waals surface area (Å²) in [6.07, 6.45) is 0. The molecule has 0 aliphatic carbocycles. The Hall–Kier alpha value is -1.39. The van der Waals surface area contributed by atoms with Crippen molar-refractivity contribution < 1.29 is 9.53 Å². The highest BCUT2D eigenvalue weighted by molar-refractivity contribution is 5.76. The van der Waals surface area contributed by atoms with Gasteiger partial charge in [0.05, 0.1) is 6.61 Å². The minimum atomic E-state index is -0.235. The van der Waals surface area contributed by atoms with E-state index in [-0.39, 0.29) is 12.5 Å². The highest BCUT2D eigenvalue weighted by Crippen LogP contribution is 1.99. The number of likely N-dealkylation sites (N-methyl/N-ethyl adjacent to an activating group) is 1. The first-order valence-electron chi connectivity index (χ1n) is 4.33. The van der Waals surface area contributed by atoms with Crippen LogP contribution in [-0.4, -0.2) is 24.6 Å². The monoisotopic (exact) mass is 194 g/mol. The van der Waals surface area contributed by atoms with Gasteiger partial charge in [-0.15, -0.1) is 0 Å². The third-order valence-electron chi connectivity index (χ3n) is 1.73. The summed E-state index contributed by atoms with van der Waals surface area (Å²) in [5.41, 5.74) is 1.04. The van der Waals surface area contributed by atoms with Gasteiger partial charge in [-0.05, 0) is 5.56 Å². The summed E-state index contributed by atoms with van der Waals surface area (Å²) in [4.78, 5) is 11.0. The maximum atomic E-state index is 11.0. The molecule has 0 fully saturated rings. The lowest BCUT2D eigenvalue weighted by atomic mass is 10.2. The maximum Gasteiger partial charge on any atom is 0.262 e. The molecule has 2 N–H and O–H groups in total. The average Bonchev–Trinajstić information content (AvgIpc) is 2.19. The minimum absolute atomic E-state index is 0.0158. The number of rotatable bonds is 4. The zero-order chi connectivity index (χ0) is 10.4. The number of nitrogens with two attached hydrogens (primary N) is 1. The number of benzene rings is 1. The number of carbonyl (C=O) groups is 1. The molecule has 0 atom stereocenters. The first-order valence-corrected chi connectivity index (χ1v) is 4.33. The second kappa shape index (κ2) is 5.36. The SMILES string of the molecule is CN(N)C(=O)COCc1ccccc1. The van der Waals surface area contributed by atoms with Crippen LogP contribution in [0.4, 0.5) is 0 Å². The van der Waals surface area contributed by atoms with Gasteiger partial charge in [-0.25, -0.2) is 5.84 Å². The Morgan fingerprint density at radius 3 is 2.64 bits per heavy atom. The van der Waals surface area contributed by atoms with Crippen LogP contribution in [0.2, 0.25) is 0 Å². The summed E-state index contributed by atoms with van der Waals surface area (Å²) in [5, 5.41) is 1.02. The second-order valence-corrected chi connectivity index (χ2v) is 2.98. The van der Waals surface area contributed by atoms with Crippen LogP contribution in [0.1, 0.15) is 5.56 Å². The van der Waals surface area contributed by atoms with Crippen molar-refractivity contribution in [3.05, 3.63) is 35.9 Å². The molecule has 1 amide bonds. The molecule has 14 heavy (non-hydrogen) atoms. The van der Waals surface area contributed by atoms with E-state index in [4.69, 9.17) is 10.6 Å². The molecule has 1 aromatic carbocycles. The molecule has 0 heterocycles. The number of hydrogen-bond acceptors (Lipinski definition) is 3. The van der Waals surface area contributed by atoms with Crippen LogP contribution in [0.3, 0.4) is 0 Å². The van der Waals surface area contributed by atoms with Crippen molar-refractivity contribution in [2.45, 2.75) is 6.61 Å². The zero-order valence-electron chi connectivity index (χ0n) is 8.14. The van der Waals surface area contributed by atoms with Gasteiger partial charge < -0.3 is 4.74 Å². The Kier molecular flexibility index (Phi) is 4.10. The molecule has 0 saturated heterocycles. The van der Waals surface area contributed by atoms with Gasteiger partial charge in [-0.3, -0.25) is 9.80 Å². The van der Waals surface area contributed by atoms with Gasteiger partial charge >= 0.3 is 0 Å². The van der Waals surface area contributed by atoms with E-state index in [1.807, 2.05) is 30.3 Å². The second-order valence-electron chi connectivity index (χ2n) is 2.98. The molecule has 0 aromatic heterocycles. The van der Waals surface area contributed by atoms with Crippen LogP contribution in [0.25, 0.3) is 0 Å². The zero-order valence-corrected chi connectivity index (χ0v) is 8.14. The first-order chi connectivity index (χ1) is 6.70. The minimum Gasteiger partial charge on any atom is -0.367 e. The largest absolute Gasteiger partial charge is 0.367 e. The highest BCUT2D eigenvalue weighted by Gasteiger charge is 2.03. The van der Waals surface area contributed by atoms with Crippen molar-refractivity contribution in [1.29, 1.82) is 0 Å². The van der Waals surface area contributed by atoms with Gasteiger partial charge in [-0.2, -0.15) is 0 Å². The molecule has 0 bridgehead atoms. The Balaban J connectivity index is 2.26. The normalized spacial score (nSPS) is 9.86. The topological polar surface area (TPSA) is 55.6 Å². The van der Waals surface area contributed by atoms with Crippen LogP contribution in [-0.2, 0) is 16.1 Å². The summed E-state index contributed by atoms with van der Waals surface area (Å²) in [6, 6.07) is 9.67. The molecule has 0 saturated carbocycles. The van der Waals surface area contributed by atoms with Crippen molar-refractivity contribution in [3.63, 3.8) is 0 Å². The number of amides is 1. The van der Waals surface area contributed by atoms with Crippen molar-refractivity contribution in [1.82, 2.24) is 5.01 Å². The lowest BCUT2D eigenvalue weighted by Crippen LogP contribution is -2.35. The summed E-state index contributed by atoms with van der Waals surface area (Å²) in [7, 11) is 1.49. The molecule has 0 aliphatic rings. The van der Waals surface area contributed by atoms with E-state index in [1.54, 1.807) is 0 Å². The Labute approximate surface area is 83.2 Å². The molecule has 1 rings (SSSR count). The number of nitrogens with zero attached hydrogens (tertiary/aromatic N) is 1. The Morgan fingerprint density at radius 2 is 2.07 bits per heavy atom. The van der Waals surface area contributed by atoms with Crippen molar-refractivity contribution >= 4 is 5.91 Å². The van der Waals surface area contributed by atoms with E-state index < -0.39 is 0 Å². The molecule has 0 radical (unpaired) electrons. The quantitative estimate of drug-likeness (QED) is 0.432. The predicted molar refractivity (Wildman–Crippen MR) is 53.1 cm³/mol. The third kappa shape index (κ3) is 3.55. The third-order valence-corrected chi connectivity index (χ3v) is 1.73. The summed E-state index contributed by atoms with van der Waals surface area (Å²) in [5.74, 6) is 4.98. The molecule has 0 unspecified atom stereocenters. The first kappa shape index (κ1) is 10.7. The van der Waals surface area contributed by atoms with Crippen LogP contribution in [0, 0.1) is 0 Å². The van der Waals surface area contributed by atoms with Gasteiger partial charge in [0.15, 0.2) is 0 Å². The molecular formula is C10H14N2O2. The van der Waals surface area contributed by atoms with Gasteiger partial charge in [0.25, 0.3) is 5.91 Å². The van der Waals surface area contributed by atoms with E-state index in [0.29, 0.717) is 6.61 Å². The van der Waals surface area contributed by atoms with Gasteiger partial charge in [0.2, 0.25) is 0 Å². The molecule has 76 valence electrons. The van der Waals surface area contributed by atoms with Gasteiger partial charge in [0.1, 0.15) is 6.61 Å². The number of hydrazine groups is 1. The molecule has 4 nitrogen and oxygen atoms in total. The van der Waals surface area contributed by atoms with E-state index in [2.05, 4.69) is 0 Å². The summed E-state index contributed by atoms with van der Waals surface area (Å²) < 4.78 is 5.17. The number of hydrogen-bond donors (Lipinski definition) is 1. The molecule has 0 aliphatic heterocycles. The fourth-order valence-corrected chi connectivity index (χ4v) is 0.932. The predicted octanol–water partition coefficient (Wildman–Crippen LogP) is 0.535. The van der Waals surface area contributed by atoms with Crippen molar-refractivity contribution in [2.24, 2.45) is 5.84 Å². The summed E-state index contributed by atoms with van der Waals surface area (Å²) >= 11 is 0. The van der Waals surface area contributed by atoms with E-state index in [1.165, 1.54) is 7.05 Å². The van der Waals surface area contributed by atoms with Crippen LogP contribution < -0.4 is 5.84 Å². The van der Waals surface area contributed by atoms with Crippen LogP contribution in [0.15, 0.2) is 30.3 Å². The van der Waals surface area contributed by atoms with Crippen LogP contribution in [0.5, 0.6) is 0 Å². The molecule has 0 spiro atoms. The van der Waals surface area contributed by atoms with E-state index in [9.17, 15) is 4.79 Å². The molecule has 1 aromatic rings. The van der Waals surface area contributed by atoms with Crippen molar-refractivity contribution in [3.8, 4) is 0 Å². The standard InChI is InChI=1S/C10H14N2O2/c1-12(11)10(13)8-14-7-9-5-3-2-4-6-9/h2-6H,7-8,11H2,1H3. The number of carbonyl (C=O) groups excluding carboxylic acids is 1. The fourth-order valence-electron chi connectivity index (χ4n) is 0.932. The maximum absolute atomic E-state index is 11.0. The van der Waals surface area contributed by atoms with E-state index in [0.717, 1.165) is 10.6 Å². The Bertz CT molecular complexity index is 285. The van der Waals surface area contributed by atoms with Gasteiger partial charge in [-0.1, -0.05) is 30.3 Å². The highest BCUT2D eigenvalue weighted by atomic mass is 16.5. The average molecular weight is 194 g/mol. The van der Waals surface area contributed by atoms with E-state index >= 15 is 0 Å². The smallest absolute Gasteiger partial charge is 0.262 e.